The van der Waals surface area contributed by atoms with E-state index in [9.17, 15) is 4.79 Å². The monoisotopic (exact) mass is 267 g/mol. The van der Waals surface area contributed by atoms with Crippen LogP contribution in [0.3, 0.4) is 0 Å². The van der Waals surface area contributed by atoms with Crippen molar-refractivity contribution in [2.75, 3.05) is 14.2 Å². The minimum absolute atomic E-state index is 0.199. The van der Waals surface area contributed by atoms with Crippen molar-refractivity contribution in [2.45, 2.75) is 12.7 Å². The number of hydrogen-bond donors (Lipinski definition) is 0. The molecular weight excluding hydrogens is 254 g/mol. The Labute approximate surface area is 111 Å². The molecule has 0 amide bonds. The minimum atomic E-state index is -0.795. The van der Waals surface area contributed by atoms with Gasteiger partial charge in [-0.3, -0.25) is 4.79 Å². The van der Waals surface area contributed by atoms with Crippen LogP contribution in [0.25, 0.3) is 0 Å². The van der Waals surface area contributed by atoms with Crippen molar-refractivity contribution in [1.82, 2.24) is 0 Å². The van der Waals surface area contributed by atoms with Gasteiger partial charge in [0.1, 0.15) is 5.92 Å². The van der Waals surface area contributed by atoms with Crippen molar-refractivity contribution < 1.29 is 14.3 Å². The third kappa shape index (κ3) is 3.81. The van der Waals surface area contributed by atoms with Crippen LogP contribution in [-0.4, -0.2) is 26.3 Å². The van der Waals surface area contributed by atoms with Gasteiger partial charge in [-0.2, -0.15) is 5.26 Å². The van der Waals surface area contributed by atoms with Crippen LogP contribution in [0.2, 0.25) is 5.02 Å². The van der Waals surface area contributed by atoms with Crippen molar-refractivity contribution in [2.24, 2.45) is 5.92 Å². The summed E-state index contributed by atoms with van der Waals surface area (Å²) in [5.41, 5.74) is 0.455. The molecule has 0 aliphatic heterocycles. The molecule has 1 atom stereocenters. The molecule has 1 unspecified atom stereocenters. The molecule has 0 radical (unpaired) electrons. The fourth-order valence-electron chi connectivity index (χ4n) is 1.51. The lowest BCUT2D eigenvalue weighted by Crippen LogP contribution is -2.22. The maximum atomic E-state index is 12.1. The fourth-order valence-corrected chi connectivity index (χ4v) is 1.64. The highest BCUT2D eigenvalue weighted by atomic mass is 35.5. The zero-order valence-electron chi connectivity index (χ0n) is 10.2. The Bertz CT molecular complexity index is 435. The smallest absolute Gasteiger partial charge is 0.180 e. The second-order valence-electron chi connectivity index (χ2n) is 3.69. The van der Waals surface area contributed by atoms with Gasteiger partial charge in [0.15, 0.2) is 12.1 Å². The third-order valence-corrected chi connectivity index (χ3v) is 2.81. The Morgan fingerprint density at radius 2 is 1.89 bits per heavy atom. The Hall–Kier alpha value is -1.41. The summed E-state index contributed by atoms with van der Waals surface area (Å²) < 4.78 is 9.98. The zero-order valence-corrected chi connectivity index (χ0v) is 11.0. The normalized spacial score (nSPS) is 12.2. The van der Waals surface area contributed by atoms with Crippen LogP contribution in [0.5, 0.6) is 0 Å². The van der Waals surface area contributed by atoms with Gasteiger partial charge in [0.05, 0.1) is 6.07 Å². The van der Waals surface area contributed by atoms with Crippen molar-refractivity contribution in [1.29, 1.82) is 5.26 Å². The Morgan fingerprint density at radius 1 is 1.33 bits per heavy atom. The number of Topliss-reactive ketones (excluding diaryl/α,β-unsaturated/α-hetero) is 1. The van der Waals surface area contributed by atoms with Crippen LogP contribution in [0.4, 0.5) is 0 Å². The minimum Gasteiger partial charge on any atom is -0.356 e. The fraction of sp³-hybridized carbons (Fsp3) is 0.385. The van der Waals surface area contributed by atoms with Gasteiger partial charge in [-0.05, 0) is 24.3 Å². The molecule has 0 saturated carbocycles. The van der Waals surface area contributed by atoms with E-state index in [0.29, 0.717) is 10.6 Å². The summed E-state index contributed by atoms with van der Waals surface area (Å²) in [5, 5.41) is 9.59. The summed E-state index contributed by atoms with van der Waals surface area (Å²) in [4.78, 5) is 12.1. The van der Waals surface area contributed by atoms with Crippen LogP contribution in [0.15, 0.2) is 24.3 Å². The maximum absolute atomic E-state index is 12.1. The first-order chi connectivity index (χ1) is 8.62. The number of ketones is 1. The predicted octanol–water partition coefficient (Wildman–Crippen LogP) is 2.67. The summed E-state index contributed by atoms with van der Waals surface area (Å²) in [6, 6.07) is 8.41. The van der Waals surface area contributed by atoms with Gasteiger partial charge in [-0.25, -0.2) is 0 Å². The molecule has 1 aromatic carbocycles. The lowest BCUT2D eigenvalue weighted by Gasteiger charge is -2.16. The van der Waals surface area contributed by atoms with Crippen molar-refractivity contribution in [3.63, 3.8) is 0 Å². The molecule has 0 fully saturated rings. The van der Waals surface area contributed by atoms with Gasteiger partial charge in [0.2, 0.25) is 0 Å². The quantitative estimate of drug-likeness (QED) is 0.587. The van der Waals surface area contributed by atoms with Gasteiger partial charge in [-0.1, -0.05) is 11.6 Å². The molecule has 0 aromatic heterocycles. The number of carbonyl (C=O) groups excluding carboxylic acids is 1. The largest absolute Gasteiger partial charge is 0.356 e. The van der Waals surface area contributed by atoms with Gasteiger partial charge in [-0.15, -0.1) is 0 Å². The van der Waals surface area contributed by atoms with Gasteiger partial charge < -0.3 is 9.47 Å². The van der Waals surface area contributed by atoms with Crippen LogP contribution < -0.4 is 0 Å². The van der Waals surface area contributed by atoms with Gasteiger partial charge >= 0.3 is 0 Å². The lowest BCUT2D eigenvalue weighted by molar-refractivity contribution is -0.109. The number of halogens is 1. The second kappa shape index (κ2) is 7.12. The number of nitriles is 1. The number of hydrogen-bond acceptors (Lipinski definition) is 4. The third-order valence-electron chi connectivity index (χ3n) is 2.56. The number of methoxy groups -OCH3 is 2. The van der Waals surface area contributed by atoms with E-state index < -0.39 is 12.2 Å². The van der Waals surface area contributed by atoms with Crippen molar-refractivity contribution in [3.05, 3.63) is 34.9 Å². The summed E-state index contributed by atoms with van der Waals surface area (Å²) in [7, 11) is 2.94. The van der Waals surface area contributed by atoms with E-state index in [-0.39, 0.29) is 12.2 Å². The van der Waals surface area contributed by atoms with E-state index >= 15 is 0 Å². The summed E-state index contributed by atoms with van der Waals surface area (Å²) >= 11 is 5.74. The highest BCUT2D eigenvalue weighted by Gasteiger charge is 2.23. The van der Waals surface area contributed by atoms with Crippen LogP contribution in [0.1, 0.15) is 16.8 Å². The van der Waals surface area contributed by atoms with E-state index in [1.807, 2.05) is 6.07 Å². The molecule has 5 heteroatoms. The molecule has 96 valence electrons. The van der Waals surface area contributed by atoms with Crippen LogP contribution in [0, 0.1) is 17.2 Å². The topological polar surface area (TPSA) is 59.3 Å². The van der Waals surface area contributed by atoms with E-state index in [2.05, 4.69) is 0 Å². The van der Waals surface area contributed by atoms with Crippen molar-refractivity contribution in [3.8, 4) is 6.07 Å². The Balaban J connectivity index is 2.80. The Kier molecular flexibility index (Phi) is 5.79. The molecule has 0 heterocycles. The second-order valence-corrected chi connectivity index (χ2v) is 4.13. The summed E-state index contributed by atoms with van der Waals surface area (Å²) in [6.07, 6.45) is -0.365. The molecule has 0 spiro atoms. The highest BCUT2D eigenvalue weighted by Crippen LogP contribution is 2.17. The molecule has 18 heavy (non-hydrogen) atoms. The number of rotatable bonds is 6. The summed E-state index contributed by atoms with van der Waals surface area (Å²) in [6.45, 7) is 0. The van der Waals surface area contributed by atoms with Gasteiger partial charge in [0.25, 0.3) is 0 Å². The molecule has 0 N–H and O–H groups in total. The number of ether oxygens (including phenoxy) is 2. The SMILES string of the molecule is COC(CC(C#N)C(=O)c1ccc(Cl)cc1)OC. The lowest BCUT2D eigenvalue weighted by atomic mass is 9.96. The predicted molar refractivity (Wildman–Crippen MR) is 67.3 cm³/mol. The molecule has 0 aliphatic rings. The first-order valence-corrected chi connectivity index (χ1v) is 5.75. The highest BCUT2D eigenvalue weighted by molar-refractivity contribution is 6.30. The standard InChI is InChI=1S/C13H14ClNO3/c1-17-12(18-2)7-10(8-15)13(16)9-3-5-11(14)6-4-9/h3-6,10,12H,7H2,1-2H3. The number of benzene rings is 1. The van der Waals surface area contributed by atoms with E-state index in [4.69, 9.17) is 26.3 Å². The molecule has 4 nitrogen and oxygen atoms in total. The summed E-state index contributed by atoms with van der Waals surface area (Å²) in [5.74, 6) is -1.05. The van der Waals surface area contributed by atoms with Crippen LogP contribution in [-0.2, 0) is 9.47 Å². The first kappa shape index (κ1) is 14.7. The van der Waals surface area contributed by atoms with Gasteiger partial charge in [0, 0.05) is 31.2 Å². The van der Waals surface area contributed by atoms with E-state index in [0.717, 1.165) is 0 Å². The molecule has 0 bridgehead atoms. The van der Waals surface area contributed by atoms with E-state index in [1.165, 1.54) is 14.2 Å². The van der Waals surface area contributed by atoms with E-state index in [1.54, 1.807) is 24.3 Å². The first-order valence-electron chi connectivity index (χ1n) is 5.37. The zero-order chi connectivity index (χ0) is 13.5. The molecule has 1 aromatic rings. The molecule has 0 aliphatic carbocycles. The van der Waals surface area contributed by atoms with Crippen molar-refractivity contribution >= 4 is 17.4 Å². The maximum Gasteiger partial charge on any atom is 0.180 e. The average Bonchev–Trinajstić information content (AvgIpc) is 2.40. The number of nitrogens with zero attached hydrogens (tertiary/aromatic N) is 1. The molecule has 0 saturated heterocycles. The average molecular weight is 268 g/mol. The molecular formula is C13H14ClNO3. The molecule has 1 rings (SSSR count). The Morgan fingerprint density at radius 3 is 2.33 bits per heavy atom. The number of carbonyl (C=O) groups is 1. The van der Waals surface area contributed by atoms with Crippen LogP contribution >= 0.6 is 11.6 Å².